The molecule has 1 aliphatic rings. The zero-order chi connectivity index (χ0) is 11.5. The maximum absolute atomic E-state index is 13.8. The van der Waals surface area contributed by atoms with E-state index < -0.39 is 0 Å². The van der Waals surface area contributed by atoms with Crippen LogP contribution >= 0.6 is 15.9 Å². The molecule has 0 bridgehead atoms. The van der Waals surface area contributed by atoms with Crippen molar-refractivity contribution in [1.82, 2.24) is 5.32 Å². The first-order valence-electron chi connectivity index (χ1n) is 5.83. The molecule has 16 heavy (non-hydrogen) atoms. The molecule has 1 aromatic rings. The standard InChI is InChI=1S/C13H17BrFN/c1-16-12(8-9-4-2-5-9)13-10(14)6-3-7-11(13)15/h3,6-7,9,12,16H,2,4-5,8H2,1H3. The Morgan fingerprint density at radius 1 is 1.50 bits per heavy atom. The quantitative estimate of drug-likeness (QED) is 0.881. The van der Waals surface area contributed by atoms with E-state index in [4.69, 9.17) is 0 Å². The van der Waals surface area contributed by atoms with Gasteiger partial charge in [0, 0.05) is 16.1 Å². The fourth-order valence-corrected chi connectivity index (χ4v) is 2.90. The summed E-state index contributed by atoms with van der Waals surface area (Å²) in [5, 5.41) is 3.23. The summed E-state index contributed by atoms with van der Waals surface area (Å²) in [5.74, 6) is 0.650. The van der Waals surface area contributed by atoms with Gasteiger partial charge in [-0.1, -0.05) is 41.3 Å². The van der Waals surface area contributed by atoms with E-state index in [1.807, 2.05) is 13.1 Å². The fourth-order valence-electron chi connectivity index (χ4n) is 2.29. The molecule has 0 saturated heterocycles. The maximum Gasteiger partial charge on any atom is 0.129 e. The normalized spacial score (nSPS) is 18.2. The fraction of sp³-hybridized carbons (Fsp3) is 0.538. The number of nitrogens with one attached hydrogen (secondary N) is 1. The van der Waals surface area contributed by atoms with Crippen LogP contribution in [0.15, 0.2) is 22.7 Å². The van der Waals surface area contributed by atoms with Gasteiger partial charge in [-0.05, 0) is 31.5 Å². The van der Waals surface area contributed by atoms with Crippen molar-refractivity contribution in [3.8, 4) is 0 Å². The van der Waals surface area contributed by atoms with Crippen molar-refractivity contribution < 1.29 is 4.39 Å². The van der Waals surface area contributed by atoms with Crippen molar-refractivity contribution in [1.29, 1.82) is 0 Å². The number of benzene rings is 1. The molecule has 3 heteroatoms. The third kappa shape index (κ3) is 2.46. The third-order valence-corrected chi connectivity index (χ3v) is 4.18. The highest BCUT2D eigenvalue weighted by molar-refractivity contribution is 9.10. The largest absolute Gasteiger partial charge is 0.313 e. The lowest BCUT2D eigenvalue weighted by molar-refractivity contribution is 0.263. The Morgan fingerprint density at radius 3 is 2.75 bits per heavy atom. The molecule has 0 heterocycles. The monoisotopic (exact) mass is 285 g/mol. The highest BCUT2D eigenvalue weighted by Gasteiger charge is 2.24. The molecule has 0 spiro atoms. The Labute approximate surface area is 105 Å². The smallest absolute Gasteiger partial charge is 0.129 e. The Balaban J connectivity index is 2.17. The van der Waals surface area contributed by atoms with E-state index in [-0.39, 0.29) is 11.9 Å². The van der Waals surface area contributed by atoms with Crippen molar-refractivity contribution in [2.24, 2.45) is 5.92 Å². The molecule has 88 valence electrons. The second kappa shape index (κ2) is 5.28. The first kappa shape index (κ1) is 12.1. The summed E-state index contributed by atoms with van der Waals surface area (Å²) in [6.45, 7) is 0. The molecule has 0 amide bonds. The van der Waals surface area contributed by atoms with Gasteiger partial charge in [0.1, 0.15) is 5.82 Å². The van der Waals surface area contributed by atoms with Gasteiger partial charge < -0.3 is 5.32 Å². The zero-order valence-electron chi connectivity index (χ0n) is 9.47. The van der Waals surface area contributed by atoms with E-state index in [9.17, 15) is 4.39 Å². The van der Waals surface area contributed by atoms with Crippen molar-refractivity contribution in [2.45, 2.75) is 31.7 Å². The Morgan fingerprint density at radius 2 is 2.25 bits per heavy atom. The summed E-state index contributed by atoms with van der Waals surface area (Å²) in [6.07, 6.45) is 4.96. The van der Waals surface area contributed by atoms with Crippen LogP contribution in [-0.2, 0) is 0 Å². The van der Waals surface area contributed by atoms with Crippen molar-refractivity contribution in [3.63, 3.8) is 0 Å². The van der Waals surface area contributed by atoms with Crippen LogP contribution in [0.1, 0.15) is 37.3 Å². The summed E-state index contributed by atoms with van der Waals surface area (Å²) in [5.41, 5.74) is 0.775. The lowest BCUT2D eigenvalue weighted by atomic mass is 9.79. The summed E-state index contributed by atoms with van der Waals surface area (Å²) in [7, 11) is 1.90. The van der Waals surface area contributed by atoms with E-state index in [1.165, 1.54) is 25.3 Å². The van der Waals surface area contributed by atoms with E-state index in [0.717, 1.165) is 22.4 Å². The molecule has 1 aromatic carbocycles. The molecule has 0 aromatic heterocycles. The molecular formula is C13H17BrFN. The number of hydrogen-bond donors (Lipinski definition) is 1. The molecule has 0 aliphatic heterocycles. The zero-order valence-corrected chi connectivity index (χ0v) is 11.1. The van der Waals surface area contributed by atoms with Crippen LogP contribution in [0.3, 0.4) is 0 Å². The van der Waals surface area contributed by atoms with E-state index in [2.05, 4.69) is 21.2 Å². The van der Waals surface area contributed by atoms with Crippen LogP contribution in [0.5, 0.6) is 0 Å². The van der Waals surface area contributed by atoms with Crippen molar-refractivity contribution >= 4 is 15.9 Å². The molecule has 1 atom stereocenters. The molecular weight excluding hydrogens is 269 g/mol. The molecule has 0 radical (unpaired) electrons. The first-order chi connectivity index (χ1) is 7.72. The van der Waals surface area contributed by atoms with Crippen LogP contribution in [0, 0.1) is 11.7 Å². The average Bonchev–Trinajstić information content (AvgIpc) is 2.19. The SMILES string of the molecule is CNC(CC1CCC1)c1c(F)cccc1Br. The molecule has 1 aliphatic carbocycles. The van der Waals surface area contributed by atoms with Gasteiger partial charge in [-0.25, -0.2) is 4.39 Å². The third-order valence-electron chi connectivity index (χ3n) is 3.49. The minimum absolute atomic E-state index is 0.118. The maximum atomic E-state index is 13.8. The topological polar surface area (TPSA) is 12.0 Å². The van der Waals surface area contributed by atoms with Crippen LogP contribution in [-0.4, -0.2) is 7.05 Å². The van der Waals surface area contributed by atoms with Crippen LogP contribution < -0.4 is 5.32 Å². The molecule has 1 nitrogen and oxygen atoms in total. The first-order valence-corrected chi connectivity index (χ1v) is 6.63. The predicted octanol–water partition coefficient (Wildman–Crippen LogP) is 4.04. The number of hydrogen-bond acceptors (Lipinski definition) is 1. The molecule has 2 rings (SSSR count). The second-order valence-electron chi connectivity index (χ2n) is 4.51. The van der Waals surface area contributed by atoms with E-state index >= 15 is 0 Å². The molecule has 1 saturated carbocycles. The van der Waals surface area contributed by atoms with Gasteiger partial charge in [-0.3, -0.25) is 0 Å². The number of halogens is 2. The second-order valence-corrected chi connectivity index (χ2v) is 5.36. The lowest BCUT2D eigenvalue weighted by Crippen LogP contribution is -2.24. The Kier molecular flexibility index (Phi) is 3.98. The summed E-state index contributed by atoms with van der Waals surface area (Å²) >= 11 is 3.44. The molecule has 1 fully saturated rings. The Bertz CT molecular complexity index is 343. The van der Waals surface area contributed by atoms with Gasteiger partial charge in [0.05, 0.1) is 0 Å². The van der Waals surface area contributed by atoms with Gasteiger partial charge in [-0.2, -0.15) is 0 Å². The van der Waals surface area contributed by atoms with Gasteiger partial charge in [-0.15, -0.1) is 0 Å². The van der Waals surface area contributed by atoms with Crippen molar-refractivity contribution in [3.05, 3.63) is 34.1 Å². The van der Waals surface area contributed by atoms with Gasteiger partial charge in [0.15, 0.2) is 0 Å². The minimum atomic E-state index is -0.118. The van der Waals surface area contributed by atoms with Crippen LogP contribution in [0.4, 0.5) is 4.39 Å². The Hall–Kier alpha value is -0.410. The molecule has 1 N–H and O–H groups in total. The summed E-state index contributed by atoms with van der Waals surface area (Å²) < 4.78 is 14.7. The van der Waals surface area contributed by atoms with Crippen molar-refractivity contribution in [2.75, 3.05) is 7.05 Å². The molecule has 1 unspecified atom stereocenters. The van der Waals surface area contributed by atoms with Crippen LogP contribution in [0.2, 0.25) is 0 Å². The summed E-state index contributed by atoms with van der Waals surface area (Å²) in [4.78, 5) is 0. The summed E-state index contributed by atoms with van der Waals surface area (Å²) in [6, 6.07) is 5.30. The van der Waals surface area contributed by atoms with E-state index in [1.54, 1.807) is 6.07 Å². The van der Waals surface area contributed by atoms with Crippen LogP contribution in [0.25, 0.3) is 0 Å². The average molecular weight is 286 g/mol. The lowest BCUT2D eigenvalue weighted by Gasteiger charge is -2.30. The van der Waals surface area contributed by atoms with Gasteiger partial charge in [0.25, 0.3) is 0 Å². The van der Waals surface area contributed by atoms with Gasteiger partial charge in [0.2, 0.25) is 0 Å². The van der Waals surface area contributed by atoms with Gasteiger partial charge >= 0.3 is 0 Å². The van der Waals surface area contributed by atoms with E-state index in [0.29, 0.717) is 0 Å². The number of rotatable bonds is 4. The highest BCUT2D eigenvalue weighted by Crippen LogP contribution is 2.37. The minimum Gasteiger partial charge on any atom is -0.313 e. The predicted molar refractivity (Wildman–Crippen MR) is 67.9 cm³/mol. The highest BCUT2D eigenvalue weighted by atomic mass is 79.9.